The summed E-state index contributed by atoms with van der Waals surface area (Å²) in [7, 11) is 0. The minimum absolute atomic E-state index is 0.104. The molecule has 0 aliphatic carbocycles. The van der Waals surface area contributed by atoms with Gasteiger partial charge in [-0.25, -0.2) is 4.79 Å². The van der Waals surface area contributed by atoms with Gasteiger partial charge in [-0.1, -0.05) is 54.6 Å². The van der Waals surface area contributed by atoms with E-state index >= 15 is 0 Å². The minimum atomic E-state index is -0.416. The van der Waals surface area contributed by atoms with Gasteiger partial charge in [-0.3, -0.25) is 4.79 Å². The third kappa shape index (κ3) is 2.99. The molecule has 0 aliphatic rings. The molecule has 0 fully saturated rings. The molecule has 0 aliphatic heterocycles. The van der Waals surface area contributed by atoms with Crippen LogP contribution in [0.25, 0.3) is 10.8 Å². The van der Waals surface area contributed by atoms with E-state index in [1.807, 2.05) is 42.5 Å². The zero-order valence-corrected chi connectivity index (χ0v) is 12.8. The van der Waals surface area contributed by atoms with E-state index in [9.17, 15) is 9.59 Å². The Morgan fingerprint density at radius 3 is 2.30 bits per heavy atom. The zero-order valence-electron chi connectivity index (χ0n) is 12.8. The van der Waals surface area contributed by atoms with Gasteiger partial charge in [0.05, 0.1) is 12.2 Å². The molecule has 3 heteroatoms. The third-order valence-corrected chi connectivity index (χ3v) is 3.65. The summed E-state index contributed by atoms with van der Waals surface area (Å²) in [5.41, 5.74) is 1.50. The molecule has 0 radical (unpaired) electrons. The topological polar surface area (TPSA) is 43.4 Å². The predicted octanol–water partition coefficient (Wildman–Crippen LogP) is 4.25. The number of benzene rings is 3. The normalized spacial score (nSPS) is 10.5. The molecule has 0 spiro atoms. The zero-order chi connectivity index (χ0) is 16.2. The van der Waals surface area contributed by atoms with Gasteiger partial charge in [0, 0.05) is 11.1 Å². The first-order valence-electron chi connectivity index (χ1n) is 7.50. The van der Waals surface area contributed by atoms with Crippen molar-refractivity contribution in [2.45, 2.75) is 6.92 Å². The molecule has 3 aromatic rings. The van der Waals surface area contributed by atoms with Gasteiger partial charge in [0.25, 0.3) is 0 Å². The third-order valence-electron chi connectivity index (χ3n) is 3.65. The fraction of sp³-hybridized carbons (Fsp3) is 0.100. The van der Waals surface area contributed by atoms with Crippen LogP contribution in [0.1, 0.15) is 33.2 Å². The van der Waals surface area contributed by atoms with Crippen molar-refractivity contribution >= 4 is 22.5 Å². The standard InChI is InChI=1S/C20H16O3/c1-2-23-20(22)16-12-15-10-6-7-11-17(15)18(13-16)19(21)14-8-4-3-5-9-14/h3-13H,2H2,1H3. The van der Waals surface area contributed by atoms with Crippen LogP contribution >= 0.6 is 0 Å². The Labute approximate surface area is 134 Å². The van der Waals surface area contributed by atoms with Crippen LogP contribution < -0.4 is 0 Å². The summed E-state index contributed by atoms with van der Waals surface area (Å²) in [6, 6.07) is 20.0. The molecule has 23 heavy (non-hydrogen) atoms. The monoisotopic (exact) mass is 304 g/mol. The van der Waals surface area contributed by atoms with Crippen LogP contribution in [0.3, 0.4) is 0 Å². The van der Waals surface area contributed by atoms with Crippen LogP contribution in [0.5, 0.6) is 0 Å². The average molecular weight is 304 g/mol. The number of ether oxygens (including phenoxy) is 1. The molecule has 3 rings (SSSR count). The molecule has 0 N–H and O–H groups in total. The minimum Gasteiger partial charge on any atom is -0.462 e. The van der Waals surface area contributed by atoms with Crippen LogP contribution in [0.4, 0.5) is 0 Å². The highest BCUT2D eigenvalue weighted by Gasteiger charge is 2.16. The van der Waals surface area contributed by atoms with Crippen molar-refractivity contribution in [1.82, 2.24) is 0 Å². The summed E-state index contributed by atoms with van der Waals surface area (Å²) >= 11 is 0. The summed E-state index contributed by atoms with van der Waals surface area (Å²) < 4.78 is 5.07. The molecule has 3 nitrogen and oxygen atoms in total. The van der Waals surface area contributed by atoms with E-state index < -0.39 is 5.97 Å². The van der Waals surface area contributed by atoms with Crippen LogP contribution in [-0.2, 0) is 4.74 Å². The largest absolute Gasteiger partial charge is 0.462 e. The van der Waals surface area contributed by atoms with Crippen LogP contribution in [0.2, 0.25) is 0 Å². The molecule has 0 aromatic heterocycles. The highest BCUT2D eigenvalue weighted by Crippen LogP contribution is 2.24. The van der Waals surface area contributed by atoms with Crippen molar-refractivity contribution in [3.63, 3.8) is 0 Å². The van der Waals surface area contributed by atoms with E-state index in [-0.39, 0.29) is 5.78 Å². The molecule has 3 aromatic carbocycles. The number of hydrogen-bond donors (Lipinski definition) is 0. The SMILES string of the molecule is CCOC(=O)c1cc(C(=O)c2ccccc2)c2ccccc2c1. The number of esters is 1. The first kappa shape index (κ1) is 15.0. The quantitative estimate of drug-likeness (QED) is 0.534. The van der Waals surface area contributed by atoms with Crippen molar-refractivity contribution in [2.24, 2.45) is 0 Å². The summed E-state index contributed by atoms with van der Waals surface area (Å²) in [5, 5.41) is 1.67. The Hall–Kier alpha value is -2.94. The lowest BCUT2D eigenvalue weighted by molar-refractivity contribution is 0.0526. The van der Waals surface area contributed by atoms with Gasteiger partial charge >= 0.3 is 5.97 Å². The van der Waals surface area contributed by atoms with Crippen molar-refractivity contribution in [3.8, 4) is 0 Å². The Bertz CT molecular complexity index is 866. The molecule has 0 saturated carbocycles. The molecule has 0 amide bonds. The van der Waals surface area contributed by atoms with Crippen LogP contribution in [0.15, 0.2) is 66.7 Å². The second-order valence-electron chi connectivity index (χ2n) is 5.16. The highest BCUT2D eigenvalue weighted by atomic mass is 16.5. The van der Waals surface area contributed by atoms with Gasteiger partial charge in [0.1, 0.15) is 0 Å². The van der Waals surface area contributed by atoms with E-state index in [2.05, 4.69) is 0 Å². The Kier molecular flexibility index (Phi) is 4.20. The molecular formula is C20H16O3. The fourth-order valence-electron chi connectivity index (χ4n) is 2.58. The fourth-order valence-corrected chi connectivity index (χ4v) is 2.58. The van der Waals surface area contributed by atoms with E-state index in [1.54, 1.807) is 31.2 Å². The Balaban J connectivity index is 2.18. The molecular weight excluding hydrogens is 288 g/mol. The van der Waals surface area contributed by atoms with Crippen LogP contribution in [-0.4, -0.2) is 18.4 Å². The lowest BCUT2D eigenvalue weighted by atomic mass is 9.95. The Morgan fingerprint density at radius 1 is 0.870 bits per heavy atom. The number of hydrogen-bond acceptors (Lipinski definition) is 3. The molecule has 0 bridgehead atoms. The lowest BCUT2D eigenvalue weighted by Crippen LogP contribution is -2.08. The maximum absolute atomic E-state index is 12.8. The van der Waals surface area contributed by atoms with Gasteiger partial charge in [-0.2, -0.15) is 0 Å². The smallest absolute Gasteiger partial charge is 0.338 e. The summed E-state index contributed by atoms with van der Waals surface area (Å²) in [4.78, 5) is 24.9. The maximum atomic E-state index is 12.8. The first-order valence-corrected chi connectivity index (χ1v) is 7.50. The summed E-state index contributed by atoms with van der Waals surface area (Å²) in [6.45, 7) is 2.06. The van der Waals surface area contributed by atoms with Crippen molar-refractivity contribution < 1.29 is 14.3 Å². The molecule has 0 heterocycles. The van der Waals surface area contributed by atoms with E-state index in [0.29, 0.717) is 23.3 Å². The lowest BCUT2D eigenvalue weighted by Gasteiger charge is -2.09. The molecule has 114 valence electrons. The highest BCUT2D eigenvalue weighted by molar-refractivity contribution is 6.17. The molecule has 0 unspecified atom stereocenters. The van der Waals surface area contributed by atoms with Gasteiger partial charge in [0.2, 0.25) is 0 Å². The summed E-state index contributed by atoms with van der Waals surface area (Å²) in [5.74, 6) is -0.520. The van der Waals surface area contributed by atoms with Crippen molar-refractivity contribution in [2.75, 3.05) is 6.61 Å². The van der Waals surface area contributed by atoms with Gasteiger partial charge in [-0.15, -0.1) is 0 Å². The number of carbonyl (C=O) groups excluding carboxylic acids is 2. The van der Waals surface area contributed by atoms with Crippen molar-refractivity contribution in [1.29, 1.82) is 0 Å². The van der Waals surface area contributed by atoms with Gasteiger partial charge < -0.3 is 4.74 Å². The van der Waals surface area contributed by atoms with Gasteiger partial charge in [0.15, 0.2) is 5.78 Å². The number of rotatable bonds is 4. The van der Waals surface area contributed by atoms with E-state index in [0.717, 1.165) is 10.8 Å². The van der Waals surface area contributed by atoms with Crippen LogP contribution in [0, 0.1) is 0 Å². The molecule has 0 saturated heterocycles. The Morgan fingerprint density at radius 2 is 1.57 bits per heavy atom. The molecule has 0 atom stereocenters. The number of carbonyl (C=O) groups is 2. The second-order valence-corrected chi connectivity index (χ2v) is 5.16. The first-order chi connectivity index (χ1) is 11.2. The number of fused-ring (bicyclic) bond motifs is 1. The number of ketones is 1. The average Bonchev–Trinajstić information content (AvgIpc) is 2.61. The van der Waals surface area contributed by atoms with Crippen molar-refractivity contribution in [3.05, 3.63) is 83.4 Å². The van der Waals surface area contributed by atoms with E-state index in [1.165, 1.54) is 0 Å². The predicted molar refractivity (Wildman–Crippen MR) is 89.8 cm³/mol. The second kappa shape index (κ2) is 6.44. The van der Waals surface area contributed by atoms with Gasteiger partial charge in [-0.05, 0) is 29.8 Å². The van der Waals surface area contributed by atoms with E-state index in [4.69, 9.17) is 4.74 Å². The summed E-state index contributed by atoms with van der Waals surface area (Å²) in [6.07, 6.45) is 0. The maximum Gasteiger partial charge on any atom is 0.338 e.